The minimum absolute atomic E-state index is 0.154. The highest BCUT2D eigenvalue weighted by Gasteiger charge is 2.08. The van der Waals surface area contributed by atoms with Gasteiger partial charge in [0.15, 0.2) is 0 Å². The number of ether oxygens (including phenoxy) is 1. The number of aromatic nitrogens is 1. The first-order chi connectivity index (χ1) is 9.20. The van der Waals surface area contributed by atoms with Crippen molar-refractivity contribution >= 4 is 11.6 Å². The van der Waals surface area contributed by atoms with Crippen molar-refractivity contribution in [2.24, 2.45) is 0 Å². The van der Waals surface area contributed by atoms with Crippen LogP contribution in [0.1, 0.15) is 22.8 Å². The van der Waals surface area contributed by atoms with E-state index in [1.54, 1.807) is 30.6 Å². The van der Waals surface area contributed by atoms with Crippen LogP contribution in [0.2, 0.25) is 0 Å². The molecule has 1 N–H and O–H groups in total. The van der Waals surface area contributed by atoms with Gasteiger partial charge >= 0.3 is 0 Å². The maximum Gasteiger partial charge on any atom is 0.255 e. The van der Waals surface area contributed by atoms with Crippen LogP contribution in [0.5, 0.6) is 5.75 Å². The number of carbonyl (C=O) groups excluding carboxylic acids is 1. The van der Waals surface area contributed by atoms with Crippen molar-refractivity contribution in [2.75, 3.05) is 11.9 Å². The highest BCUT2D eigenvalue weighted by Crippen LogP contribution is 2.19. The van der Waals surface area contributed by atoms with Crippen molar-refractivity contribution in [1.29, 1.82) is 0 Å². The molecule has 0 radical (unpaired) electrons. The van der Waals surface area contributed by atoms with Gasteiger partial charge < -0.3 is 10.1 Å². The van der Waals surface area contributed by atoms with Crippen molar-refractivity contribution in [3.05, 3.63) is 53.9 Å². The standard InChI is InChI=1S/C15H16N2O2/c1-3-19-14-7-6-12(9-11(14)2)15(18)17-13-5-4-8-16-10-13/h4-10H,3H2,1-2H3,(H,17,18). The topological polar surface area (TPSA) is 51.2 Å². The van der Waals surface area contributed by atoms with Gasteiger partial charge in [-0.25, -0.2) is 0 Å². The van der Waals surface area contributed by atoms with E-state index < -0.39 is 0 Å². The first kappa shape index (κ1) is 13.1. The van der Waals surface area contributed by atoms with E-state index in [1.807, 2.05) is 26.0 Å². The summed E-state index contributed by atoms with van der Waals surface area (Å²) in [5.41, 5.74) is 2.23. The number of nitrogens with zero attached hydrogens (tertiary/aromatic N) is 1. The molecule has 1 aromatic heterocycles. The highest BCUT2D eigenvalue weighted by molar-refractivity contribution is 6.04. The first-order valence-corrected chi connectivity index (χ1v) is 6.15. The van der Waals surface area contributed by atoms with Crippen molar-refractivity contribution < 1.29 is 9.53 Å². The Labute approximate surface area is 112 Å². The Kier molecular flexibility index (Phi) is 4.13. The average Bonchev–Trinajstić information content (AvgIpc) is 2.42. The van der Waals surface area contributed by atoms with Gasteiger partial charge in [-0.3, -0.25) is 9.78 Å². The number of benzene rings is 1. The zero-order valence-corrected chi connectivity index (χ0v) is 11.0. The van der Waals surface area contributed by atoms with Crippen LogP contribution in [0.4, 0.5) is 5.69 Å². The van der Waals surface area contributed by atoms with E-state index in [-0.39, 0.29) is 5.91 Å². The molecule has 2 aromatic rings. The monoisotopic (exact) mass is 256 g/mol. The van der Waals surface area contributed by atoms with E-state index in [0.717, 1.165) is 11.3 Å². The molecule has 4 nitrogen and oxygen atoms in total. The molecule has 0 aliphatic rings. The van der Waals surface area contributed by atoms with Gasteiger partial charge in [0.25, 0.3) is 5.91 Å². The zero-order valence-electron chi connectivity index (χ0n) is 11.0. The normalized spacial score (nSPS) is 10.0. The Bertz CT molecular complexity index is 568. The van der Waals surface area contributed by atoms with Gasteiger partial charge in [-0.15, -0.1) is 0 Å². The molecule has 19 heavy (non-hydrogen) atoms. The Morgan fingerprint density at radius 2 is 2.21 bits per heavy atom. The Morgan fingerprint density at radius 3 is 2.84 bits per heavy atom. The molecule has 0 unspecified atom stereocenters. The van der Waals surface area contributed by atoms with E-state index in [1.165, 1.54) is 0 Å². The maximum absolute atomic E-state index is 12.1. The molecular formula is C15H16N2O2. The minimum atomic E-state index is -0.154. The molecule has 0 bridgehead atoms. The lowest BCUT2D eigenvalue weighted by Crippen LogP contribution is -2.12. The molecule has 2 rings (SSSR count). The number of pyridine rings is 1. The van der Waals surface area contributed by atoms with Crippen LogP contribution in [0.3, 0.4) is 0 Å². The predicted molar refractivity (Wildman–Crippen MR) is 74.5 cm³/mol. The number of amides is 1. The van der Waals surface area contributed by atoms with E-state index in [9.17, 15) is 4.79 Å². The van der Waals surface area contributed by atoms with Crippen LogP contribution in [0.25, 0.3) is 0 Å². The Balaban J connectivity index is 2.14. The molecule has 98 valence electrons. The van der Waals surface area contributed by atoms with Crippen molar-refractivity contribution in [3.63, 3.8) is 0 Å². The summed E-state index contributed by atoms with van der Waals surface area (Å²) in [7, 11) is 0. The molecule has 4 heteroatoms. The fraction of sp³-hybridized carbons (Fsp3) is 0.200. The SMILES string of the molecule is CCOc1ccc(C(=O)Nc2cccnc2)cc1C. The van der Waals surface area contributed by atoms with Gasteiger partial charge in [-0.2, -0.15) is 0 Å². The summed E-state index contributed by atoms with van der Waals surface area (Å²) in [6.45, 7) is 4.47. The quantitative estimate of drug-likeness (QED) is 0.914. The van der Waals surface area contributed by atoms with Gasteiger partial charge in [0.2, 0.25) is 0 Å². The number of anilines is 1. The van der Waals surface area contributed by atoms with E-state index in [0.29, 0.717) is 17.9 Å². The molecule has 0 fully saturated rings. The fourth-order valence-corrected chi connectivity index (χ4v) is 1.75. The summed E-state index contributed by atoms with van der Waals surface area (Å²) < 4.78 is 5.45. The number of rotatable bonds is 4. The van der Waals surface area contributed by atoms with Gasteiger partial charge in [0.05, 0.1) is 18.5 Å². The molecule has 1 aromatic carbocycles. The third-order valence-corrected chi connectivity index (χ3v) is 2.66. The van der Waals surface area contributed by atoms with Crippen LogP contribution in [0, 0.1) is 6.92 Å². The molecule has 0 saturated carbocycles. The Hall–Kier alpha value is -2.36. The molecule has 1 amide bonds. The van der Waals surface area contributed by atoms with Crippen molar-refractivity contribution in [2.45, 2.75) is 13.8 Å². The lowest BCUT2D eigenvalue weighted by atomic mass is 10.1. The van der Waals surface area contributed by atoms with Crippen LogP contribution >= 0.6 is 0 Å². The summed E-state index contributed by atoms with van der Waals surface area (Å²) in [6, 6.07) is 8.96. The number of hydrogen-bond acceptors (Lipinski definition) is 3. The number of aryl methyl sites for hydroxylation is 1. The second kappa shape index (κ2) is 6.00. The van der Waals surface area contributed by atoms with Gasteiger partial charge in [0, 0.05) is 11.8 Å². The highest BCUT2D eigenvalue weighted by atomic mass is 16.5. The molecule has 0 spiro atoms. The molecule has 0 aliphatic carbocycles. The van der Waals surface area contributed by atoms with E-state index in [2.05, 4.69) is 10.3 Å². The summed E-state index contributed by atoms with van der Waals surface area (Å²) in [5.74, 6) is 0.652. The van der Waals surface area contributed by atoms with Crippen molar-refractivity contribution in [1.82, 2.24) is 4.98 Å². The first-order valence-electron chi connectivity index (χ1n) is 6.15. The zero-order chi connectivity index (χ0) is 13.7. The largest absolute Gasteiger partial charge is 0.494 e. The van der Waals surface area contributed by atoms with Gasteiger partial charge in [0.1, 0.15) is 5.75 Å². The third-order valence-electron chi connectivity index (χ3n) is 2.66. The van der Waals surface area contributed by atoms with Crippen LogP contribution in [-0.2, 0) is 0 Å². The maximum atomic E-state index is 12.1. The summed E-state index contributed by atoms with van der Waals surface area (Å²) >= 11 is 0. The lowest BCUT2D eigenvalue weighted by Gasteiger charge is -2.09. The number of nitrogens with one attached hydrogen (secondary N) is 1. The minimum Gasteiger partial charge on any atom is -0.494 e. The van der Waals surface area contributed by atoms with Crippen LogP contribution in [-0.4, -0.2) is 17.5 Å². The number of carbonyl (C=O) groups is 1. The second-order valence-corrected chi connectivity index (χ2v) is 4.11. The smallest absolute Gasteiger partial charge is 0.255 e. The molecule has 0 atom stereocenters. The predicted octanol–water partition coefficient (Wildman–Crippen LogP) is 3.04. The fourth-order valence-electron chi connectivity index (χ4n) is 1.75. The van der Waals surface area contributed by atoms with Crippen LogP contribution < -0.4 is 10.1 Å². The summed E-state index contributed by atoms with van der Waals surface area (Å²) in [4.78, 5) is 16.0. The summed E-state index contributed by atoms with van der Waals surface area (Å²) in [6.07, 6.45) is 3.27. The Morgan fingerprint density at radius 1 is 1.37 bits per heavy atom. The van der Waals surface area contributed by atoms with Crippen LogP contribution in [0.15, 0.2) is 42.7 Å². The molecule has 0 saturated heterocycles. The number of hydrogen-bond donors (Lipinski definition) is 1. The van der Waals surface area contributed by atoms with Crippen molar-refractivity contribution in [3.8, 4) is 5.75 Å². The van der Waals surface area contributed by atoms with Gasteiger partial charge in [-0.1, -0.05) is 0 Å². The average molecular weight is 256 g/mol. The summed E-state index contributed by atoms with van der Waals surface area (Å²) in [5, 5.41) is 2.79. The third kappa shape index (κ3) is 3.31. The van der Waals surface area contributed by atoms with Gasteiger partial charge in [-0.05, 0) is 49.7 Å². The molecule has 1 heterocycles. The molecule has 0 aliphatic heterocycles. The van der Waals surface area contributed by atoms with E-state index >= 15 is 0 Å². The second-order valence-electron chi connectivity index (χ2n) is 4.11. The molecular weight excluding hydrogens is 240 g/mol. The lowest BCUT2D eigenvalue weighted by molar-refractivity contribution is 0.102. The van der Waals surface area contributed by atoms with E-state index in [4.69, 9.17) is 4.74 Å².